The largest absolute Gasteiger partial charge is 0.396 e. The molecule has 2 heterocycles. The molecule has 2 fully saturated rings. The molecule has 0 radical (unpaired) electrons. The molecule has 1 atom stereocenters. The zero-order valence-corrected chi connectivity index (χ0v) is 10.3. The van der Waals surface area contributed by atoms with E-state index < -0.39 is 0 Å². The predicted molar refractivity (Wildman–Crippen MR) is 63.6 cm³/mol. The summed E-state index contributed by atoms with van der Waals surface area (Å²) in [7, 11) is 0. The van der Waals surface area contributed by atoms with Gasteiger partial charge in [-0.05, 0) is 18.9 Å². The van der Waals surface area contributed by atoms with E-state index >= 15 is 0 Å². The molecule has 0 saturated carbocycles. The Morgan fingerprint density at radius 3 is 2.71 bits per heavy atom. The molecule has 2 aliphatic rings. The number of nitrogens with zero attached hydrogens (tertiary/aromatic N) is 2. The van der Waals surface area contributed by atoms with Gasteiger partial charge in [0.1, 0.15) is 0 Å². The van der Waals surface area contributed by atoms with Gasteiger partial charge in [0.05, 0.1) is 13.2 Å². The van der Waals surface area contributed by atoms with Crippen molar-refractivity contribution in [1.82, 2.24) is 9.80 Å². The Morgan fingerprint density at radius 2 is 2.06 bits per heavy atom. The maximum Gasteiger partial charge on any atom is 0.224 e. The van der Waals surface area contributed by atoms with E-state index in [-0.39, 0.29) is 12.5 Å². The van der Waals surface area contributed by atoms with Crippen LogP contribution in [-0.4, -0.2) is 73.4 Å². The molecular weight excluding hydrogens is 220 g/mol. The molecule has 2 aliphatic heterocycles. The summed E-state index contributed by atoms with van der Waals surface area (Å²) in [6.45, 7) is 5.86. The fourth-order valence-electron chi connectivity index (χ4n) is 2.49. The summed E-state index contributed by atoms with van der Waals surface area (Å²) >= 11 is 0. The number of amides is 1. The minimum Gasteiger partial charge on any atom is -0.396 e. The highest BCUT2D eigenvalue weighted by atomic mass is 16.5. The van der Waals surface area contributed by atoms with E-state index in [9.17, 15) is 4.79 Å². The van der Waals surface area contributed by atoms with Crippen molar-refractivity contribution in [3.8, 4) is 0 Å². The number of aliphatic hydroxyl groups excluding tert-OH is 1. The van der Waals surface area contributed by atoms with Crippen molar-refractivity contribution in [3.05, 3.63) is 0 Å². The van der Waals surface area contributed by atoms with E-state index in [1.807, 2.05) is 4.90 Å². The Bertz CT molecular complexity index is 254. The van der Waals surface area contributed by atoms with E-state index in [4.69, 9.17) is 9.84 Å². The SMILES string of the molecule is O=C(CCN1CCC(CO)C1)N1CCOCC1. The van der Waals surface area contributed by atoms with Crippen molar-refractivity contribution in [1.29, 1.82) is 0 Å². The van der Waals surface area contributed by atoms with Crippen molar-refractivity contribution in [2.45, 2.75) is 12.8 Å². The molecule has 1 amide bonds. The number of hydrogen-bond donors (Lipinski definition) is 1. The molecule has 0 aromatic heterocycles. The molecule has 1 N–H and O–H groups in total. The number of ether oxygens (including phenoxy) is 1. The van der Waals surface area contributed by atoms with Gasteiger partial charge in [0.2, 0.25) is 5.91 Å². The van der Waals surface area contributed by atoms with Crippen molar-refractivity contribution in [3.63, 3.8) is 0 Å². The maximum absolute atomic E-state index is 11.9. The molecule has 0 spiro atoms. The molecule has 2 saturated heterocycles. The van der Waals surface area contributed by atoms with E-state index in [0.717, 1.165) is 39.1 Å². The topological polar surface area (TPSA) is 53.0 Å². The van der Waals surface area contributed by atoms with Crippen LogP contribution in [0.3, 0.4) is 0 Å². The van der Waals surface area contributed by atoms with E-state index in [0.29, 0.717) is 25.6 Å². The van der Waals surface area contributed by atoms with Crippen LogP contribution in [0.2, 0.25) is 0 Å². The first kappa shape index (κ1) is 12.8. The van der Waals surface area contributed by atoms with Gasteiger partial charge in [-0.25, -0.2) is 0 Å². The summed E-state index contributed by atoms with van der Waals surface area (Å²) < 4.78 is 5.22. The number of aliphatic hydroxyl groups is 1. The van der Waals surface area contributed by atoms with Gasteiger partial charge in [-0.2, -0.15) is 0 Å². The molecule has 0 aromatic carbocycles. The summed E-state index contributed by atoms with van der Waals surface area (Å²) in [4.78, 5) is 16.1. The number of likely N-dealkylation sites (tertiary alicyclic amines) is 1. The second kappa shape index (κ2) is 6.33. The normalized spacial score (nSPS) is 26.4. The lowest BCUT2D eigenvalue weighted by Crippen LogP contribution is -2.41. The third kappa shape index (κ3) is 3.66. The average Bonchev–Trinajstić information content (AvgIpc) is 2.85. The third-order valence-corrected chi connectivity index (χ3v) is 3.63. The van der Waals surface area contributed by atoms with Gasteiger partial charge in [-0.15, -0.1) is 0 Å². The molecule has 0 aromatic rings. The van der Waals surface area contributed by atoms with E-state index in [1.165, 1.54) is 0 Å². The lowest BCUT2D eigenvalue weighted by atomic mass is 10.1. The predicted octanol–water partition coefficient (Wildman–Crippen LogP) is -0.450. The van der Waals surface area contributed by atoms with Crippen LogP contribution in [0, 0.1) is 5.92 Å². The van der Waals surface area contributed by atoms with Crippen LogP contribution in [-0.2, 0) is 9.53 Å². The van der Waals surface area contributed by atoms with Crippen LogP contribution >= 0.6 is 0 Å². The van der Waals surface area contributed by atoms with Gasteiger partial charge in [0.15, 0.2) is 0 Å². The first-order valence-corrected chi connectivity index (χ1v) is 6.48. The average molecular weight is 242 g/mol. The molecule has 98 valence electrons. The zero-order valence-electron chi connectivity index (χ0n) is 10.3. The van der Waals surface area contributed by atoms with Gasteiger partial charge >= 0.3 is 0 Å². The highest BCUT2D eigenvalue weighted by molar-refractivity contribution is 5.76. The van der Waals surface area contributed by atoms with Crippen molar-refractivity contribution in [2.75, 3.05) is 52.5 Å². The standard InChI is InChI=1S/C12H22N2O3/c15-10-11-1-3-13(9-11)4-2-12(16)14-5-7-17-8-6-14/h11,15H,1-10H2. The summed E-state index contributed by atoms with van der Waals surface area (Å²) in [5.41, 5.74) is 0. The molecule has 5 nitrogen and oxygen atoms in total. The minimum absolute atomic E-state index is 0.237. The molecule has 0 bridgehead atoms. The Morgan fingerprint density at radius 1 is 1.29 bits per heavy atom. The first-order chi connectivity index (χ1) is 8.29. The zero-order chi connectivity index (χ0) is 12.1. The van der Waals surface area contributed by atoms with Gasteiger partial charge < -0.3 is 19.6 Å². The smallest absolute Gasteiger partial charge is 0.224 e. The molecule has 17 heavy (non-hydrogen) atoms. The Kier molecular flexibility index (Phi) is 4.76. The molecule has 1 unspecified atom stereocenters. The summed E-state index contributed by atoms with van der Waals surface area (Å²) in [5, 5.41) is 9.05. The number of carbonyl (C=O) groups excluding carboxylic acids is 1. The maximum atomic E-state index is 11.9. The summed E-state index contributed by atoms with van der Waals surface area (Å²) in [6, 6.07) is 0. The summed E-state index contributed by atoms with van der Waals surface area (Å²) in [5.74, 6) is 0.647. The van der Waals surface area contributed by atoms with Crippen molar-refractivity contribution < 1.29 is 14.6 Å². The molecule has 5 heteroatoms. The first-order valence-electron chi connectivity index (χ1n) is 6.48. The molecule has 2 rings (SSSR count). The fraction of sp³-hybridized carbons (Fsp3) is 0.917. The van der Waals surface area contributed by atoms with Gasteiger partial charge in [-0.3, -0.25) is 4.79 Å². The highest BCUT2D eigenvalue weighted by Gasteiger charge is 2.23. The number of rotatable bonds is 4. The van der Waals surface area contributed by atoms with Crippen LogP contribution in [0.1, 0.15) is 12.8 Å². The lowest BCUT2D eigenvalue weighted by Gasteiger charge is -2.27. The van der Waals surface area contributed by atoms with Gasteiger partial charge in [0, 0.05) is 39.2 Å². The van der Waals surface area contributed by atoms with Gasteiger partial charge in [0.25, 0.3) is 0 Å². The number of carbonyl (C=O) groups is 1. The number of hydrogen-bond acceptors (Lipinski definition) is 4. The quantitative estimate of drug-likeness (QED) is 0.725. The monoisotopic (exact) mass is 242 g/mol. The van der Waals surface area contributed by atoms with E-state index in [1.54, 1.807) is 0 Å². The van der Waals surface area contributed by atoms with Crippen LogP contribution in [0.5, 0.6) is 0 Å². The van der Waals surface area contributed by atoms with Crippen molar-refractivity contribution in [2.24, 2.45) is 5.92 Å². The fourth-order valence-corrected chi connectivity index (χ4v) is 2.49. The van der Waals surface area contributed by atoms with Crippen LogP contribution < -0.4 is 0 Å². The van der Waals surface area contributed by atoms with E-state index in [2.05, 4.69) is 4.90 Å². The molecular formula is C12H22N2O3. The van der Waals surface area contributed by atoms with Gasteiger partial charge in [-0.1, -0.05) is 0 Å². The Balaban J connectivity index is 1.65. The third-order valence-electron chi connectivity index (χ3n) is 3.63. The minimum atomic E-state index is 0.237. The van der Waals surface area contributed by atoms with Crippen LogP contribution in [0.4, 0.5) is 0 Å². The summed E-state index contributed by atoms with van der Waals surface area (Å²) in [6.07, 6.45) is 1.65. The van der Waals surface area contributed by atoms with Crippen molar-refractivity contribution >= 4 is 5.91 Å². The van der Waals surface area contributed by atoms with Crippen LogP contribution in [0.15, 0.2) is 0 Å². The number of morpholine rings is 1. The lowest BCUT2D eigenvalue weighted by molar-refractivity contribution is -0.135. The second-order valence-corrected chi connectivity index (χ2v) is 4.88. The Labute approximate surface area is 102 Å². The second-order valence-electron chi connectivity index (χ2n) is 4.88. The van der Waals surface area contributed by atoms with Crippen LogP contribution in [0.25, 0.3) is 0 Å². The Hall–Kier alpha value is -0.650. The highest BCUT2D eigenvalue weighted by Crippen LogP contribution is 2.15. The molecule has 0 aliphatic carbocycles.